The van der Waals surface area contributed by atoms with Gasteiger partial charge in [0.15, 0.2) is 11.5 Å². The summed E-state index contributed by atoms with van der Waals surface area (Å²) in [5, 5.41) is 10.4. The molecule has 0 aliphatic rings. The number of phenols is 1. The van der Waals surface area contributed by atoms with E-state index in [0.717, 1.165) is 21.8 Å². The van der Waals surface area contributed by atoms with Gasteiger partial charge in [-0.2, -0.15) is 0 Å². The fraction of sp³-hybridized carbons (Fsp3) is 0.400. The molecule has 0 heterocycles. The number of ether oxygens (including phenoxy) is 1. The van der Waals surface area contributed by atoms with Gasteiger partial charge in [0.25, 0.3) is 0 Å². The van der Waals surface area contributed by atoms with E-state index >= 15 is 0 Å². The lowest BCUT2D eigenvalue weighted by atomic mass is 10.1. The molecule has 0 aliphatic carbocycles. The van der Waals surface area contributed by atoms with Crippen LogP contribution in [0.5, 0.6) is 11.5 Å². The number of benzene rings is 1. The van der Waals surface area contributed by atoms with Gasteiger partial charge in [-0.25, -0.2) is 0 Å². The number of aromatic hydroxyl groups is 1. The number of hydrogen-bond acceptors (Lipinski definition) is 2. The van der Waals surface area contributed by atoms with Crippen LogP contribution in [0, 0.1) is 0 Å². The van der Waals surface area contributed by atoms with Gasteiger partial charge < -0.3 is 9.84 Å². The highest BCUT2D eigenvalue weighted by Crippen LogP contribution is 2.33. The maximum atomic E-state index is 9.53. The molecule has 0 saturated carbocycles. The van der Waals surface area contributed by atoms with Crippen LogP contribution in [0.1, 0.15) is 5.56 Å². The van der Waals surface area contributed by atoms with Gasteiger partial charge in [0.05, 0.1) is 7.11 Å². The lowest BCUT2D eigenvalue weighted by Gasteiger charge is -2.11. The van der Waals surface area contributed by atoms with Crippen molar-refractivity contribution in [1.82, 2.24) is 0 Å². The summed E-state index contributed by atoms with van der Waals surface area (Å²) in [5.41, 5.74) is 1.10. The van der Waals surface area contributed by atoms with Crippen molar-refractivity contribution in [1.29, 1.82) is 0 Å². The van der Waals surface area contributed by atoms with Gasteiger partial charge in [0, 0.05) is 14.6 Å². The van der Waals surface area contributed by atoms with Gasteiger partial charge in [-0.05, 0) is 24.1 Å². The Kier molecular flexibility index (Phi) is 5.43. The molecule has 1 aromatic rings. The SMILES string of the molecule is COc1cc(CC(Br)CBr)c(Br)cc1O. The highest BCUT2D eigenvalue weighted by Gasteiger charge is 2.11. The van der Waals surface area contributed by atoms with Crippen molar-refractivity contribution >= 4 is 47.8 Å². The van der Waals surface area contributed by atoms with E-state index in [-0.39, 0.29) is 5.75 Å². The van der Waals surface area contributed by atoms with Gasteiger partial charge >= 0.3 is 0 Å². The van der Waals surface area contributed by atoms with E-state index in [1.807, 2.05) is 6.07 Å². The Morgan fingerprint density at radius 1 is 1.47 bits per heavy atom. The first-order chi connectivity index (χ1) is 7.08. The van der Waals surface area contributed by atoms with Crippen LogP contribution in [-0.4, -0.2) is 22.4 Å². The lowest BCUT2D eigenvalue weighted by Crippen LogP contribution is -2.04. The summed E-state index contributed by atoms with van der Waals surface area (Å²) in [6, 6.07) is 3.50. The number of methoxy groups -OCH3 is 1. The molecule has 84 valence electrons. The minimum atomic E-state index is 0.151. The molecule has 1 rings (SSSR count). The Bertz CT molecular complexity index is 342. The predicted octanol–water partition coefficient (Wildman–Crippen LogP) is 3.86. The van der Waals surface area contributed by atoms with E-state index in [1.54, 1.807) is 13.2 Å². The zero-order chi connectivity index (χ0) is 11.4. The molecule has 0 fully saturated rings. The Balaban J connectivity index is 2.97. The molecule has 0 aliphatic heterocycles. The molecule has 0 radical (unpaired) electrons. The summed E-state index contributed by atoms with van der Waals surface area (Å²) in [6.45, 7) is 0. The van der Waals surface area contributed by atoms with Gasteiger partial charge in [-0.15, -0.1) is 0 Å². The highest BCUT2D eigenvalue weighted by atomic mass is 79.9. The predicted molar refractivity (Wildman–Crippen MR) is 72.6 cm³/mol. The third-order valence-corrected chi connectivity index (χ3v) is 4.99. The Hall–Kier alpha value is 0.260. The smallest absolute Gasteiger partial charge is 0.160 e. The van der Waals surface area contributed by atoms with Crippen LogP contribution in [0.25, 0.3) is 0 Å². The van der Waals surface area contributed by atoms with Crippen molar-refractivity contribution in [2.75, 3.05) is 12.4 Å². The van der Waals surface area contributed by atoms with Crippen LogP contribution in [0.2, 0.25) is 0 Å². The third kappa shape index (κ3) is 3.64. The number of alkyl halides is 2. The molecule has 1 aromatic carbocycles. The molecule has 1 atom stereocenters. The topological polar surface area (TPSA) is 29.5 Å². The average Bonchev–Trinajstić information content (AvgIpc) is 2.21. The largest absolute Gasteiger partial charge is 0.504 e. The van der Waals surface area contributed by atoms with Crippen LogP contribution in [0.3, 0.4) is 0 Å². The van der Waals surface area contributed by atoms with E-state index in [2.05, 4.69) is 47.8 Å². The minimum absolute atomic E-state index is 0.151. The van der Waals surface area contributed by atoms with Crippen molar-refractivity contribution in [2.45, 2.75) is 11.2 Å². The van der Waals surface area contributed by atoms with Crippen molar-refractivity contribution in [3.8, 4) is 11.5 Å². The average molecular weight is 403 g/mol. The maximum absolute atomic E-state index is 9.53. The van der Waals surface area contributed by atoms with Crippen LogP contribution in [0.4, 0.5) is 0 Å². The van der Waals surface area contributed by atoms with Crippen molar-refractivity contribution < 1.29 is 9.84 Å². The van der Waals surface area contributed by atoms with E-state index in [9.17, 15) is 5.11 Å². The van der Waals surface area contributed by atoms with Crippen LogP contribution >= 0.6 is 47.8 Å². The fourth-order valence-electron chi connectivity index (χ4n) is 1.20. The fourth-order valence-corrected chi connectivity index (χ4v) is 2.27. The van der Waals surface area contributed by atoms with Gasteiger partial charge in [-0.1, -0.05) is 47.8 Å². The molecule has 0 bridgehead atoms. The van der Waals surface area contributed by atoms with Gasteiger partial charge in [0.1, 0.15) is 0 Å². The molecular formula is C10H11Br3O2. The van der Waals surface area contributed by atoms with E-state index in [1.165, 1.54) is 0 Å². The number of phenolic OH excluding ortho intramolecular Hbond substituents is 1. The van der Waals surface area contributed by atoms with Gasteiger partial charge in [-0.3, -0.25) is 0 Å². The van der Waals surface area contributed by atoms with Crippen LogP contribution < -0.4 is 4.74 Å². The molecule has 0 aromatic heterocycles. The zero-order valence-corrected chi connectivity index (χ0v) is 12.9. The molecule has 1 unspecified atom stereocenters. The van der Waals surface area contributed by atoms with Gasteiger partial charge in [0.2, 0.25) is 0 Å². The summed E-state index contributed by atoms with van der Waals surface area (Å²) in [4.78, 5) is 0.364. The maximum Gasteiger partial charge on any atom is 0.160 e. The summed E-state index contributed by atoms with van der Waals surface area (Å²) >= 11 is 10.4. The monoisotopic (exact) mass is 400 g/mol. The number of halogens is 3. The highest BCUT2D eigenvalue weighted by molar-refractivity contribution is 9.12. The molecule has 1 N–H and O–H groups in total. The van der Waals surface area contributed by atoms with Crippen molar-refractivity contribution in [3.05, 3.63) is 22.2 Å². The quantitative estimate of drug-likeness (QED) is 0.775. The normalized spacial score (nSPS) is 12.5. The first-order valence-corrected chi connectivity index (χ1v) is 7.17. The number of hydrogen-bond donors (Lipinski definition) is 1. The molecule has 15 heavy (non-hydrogen) atoms. The standard InChI is InChI=1S/C10H11Br3O2/c1-15-10-3-6(2-7(12)5-11)8(13)4-9(10)14/h3-4,7,14H,2,5H2,1H3. The first-order valence-electron chi connectivity index (χ1n) is 4.34. The lowest BCUT2D eigenvalue weighted by molar-refractivity contribution is 0.372. The van der Waals surface area contributed by atoms with Crippen molar-refractivity contribution in [3.63, 3.8) is 0 Å². The minimum Gasteiger partial charge on any atom is -0.504 e. The summed E-state index contributed by atoms with van der Waals surface area (Å²) in [6.07, 6.45) is 0.864. The van der Waals surface area contributed by atoms with Crippen molar-refractivity contribution in [2.24, 2.45) is 0 Å². The molecular weight excluding hydrogens is 392 g/mol. The molecule has 2 nitrogen and oxygen atoms in total. The number of rotatable bonds is 4. The first kappa shape index (κ1) is 13.3. The Labute approximate surface area is 114 Å². The van der Waals surface area contributed by atoms with E-state index in [4.69, 9.17) is 4.74 Å². The van der Waals surface area contributed by atoms with Crippen LogP contribution in [0.15, 0.2) is 16.6 Å². The Morgan fingerprint density at radius 2 is 2.13 bits per heavy atom. The van der Waals surface area contributed by atoms with E-state index < -0.39 is 0 Å². The second kappa shape index (κ2) is 6.11. The summed E-state index contributed by atoms with van der Waals surface area (Å²) in [7, 11) is 1.54. The summed E-state index contributed by atoms with van der Waals surface area (Å²) < 4.78 is 5.95. The molecule has 0 spiro atoms. The molecule has 5 heteroatoms. The molecule has 0 amide bonds. The van der Waals surface area contributed by atoms with Crippen LogP contribution in [-0.2, 0) is 6.42 Å². The zero-order valence-electron chi connectivity index (χ0n) is 8.14. The second-order valence-corrected chi connectivity index (χ2v) is 5.87. The Morgan fingerprint density at radius 3 is 2.67 bits per heavy atom. The third-order valence-electron chi connectivity index (χ3n) is 1.96. The molecule has 0 saturated heterocycles. The summed E-state index contributed by atoms with van der Waals surface area (Å²) in [5.74, 6) is 0.653. The second-order valence-electron chi connectivity index (χ2n) is 3.07. The van der Waals surface area contributed by atoms with E-state index in [0.29, 0.717) is 10.6 Å².